The molecule has 2 saturated heterocycles. The quantitative estimate of drug-likeness (QED) is 0.723. The third-order valence-electron chi connectivity index (χ3n) is 6.74. The Morgan fingerprint density at radius 2 is 1.93 bits per heavy atom. The molecule has 0 saturated carbocycles. The lowest BCUT2D eigenvalue weighted by molar-refractivity contribution is -0.109. The van der Waals surface area contributed by atoms with Crippen molar-refractivity contribution < 1.29 is 9.84 Å². The van der Waals surface area contributed by atoms with Gasteiger partial charge >= 0.3 is 0 Å². The number of benzene rings is 1. The molecule has 0 aliphatic carbocycles. The Hall–Kier alpha value is -1.40. The monoisotopic (exact) mass is 435 g/mol. The fraction of sp³-hybridized carbons (Fsp3) is 0.545. The second kappa shape index (κ2) is 8.38. The van der Waals surface area contributed by atoms with E-state index in [0.717, 1.165) is 56.2 Å². The van der Waals surface area contributed by atoms with E-state index in [9.17, 15) is 5.11 Å². The Kier molecular flexibility index (Phi) is 6.03. The van der Waals surface area contributed by atoms with E-state index in [2.05, 4.69) is 11.8 Å². The molecule has 0 amide bonds. The lowest BCUT2D eigenvalue weighted by Gasteiger charge is -2.49. The SMILES string of the molecule is CCC1(C2COC2)CCN(c2nc(C)c(-c3cccc(Cl)c3Cl)nc2CO)CC1. The molecule has 0 radical (unpaired) electrons. The van der Waals surface area contributed by atoms with Gasteiger partial charge in [-0.3, -0.25) is 0 Å². The van der Waals surface area contributed by atoms with Crippen LogP contribution in [0.5, 0.6) is 0 Å². The summed E-state index contributed by atoms with van der Waals surface area (Å²) in [5.74, 6) is 1.45. The number of anilines is 1. The fourth-order valence-electron chi connectivity index (χ4n) is 4.65. The van der Waals surface area contributed by atoms with Crippen molar-refractivity contribution in [3.63, 3.8) is 0 Å². The van der Waals surface area contributed by atoms with Crippen molar-refractivity contribution in [1.82, 2.24) is 9.97 Å². The van der Waals surface area contributed by atoms with Crippen LogP contribution in [-0.4, -0.2) is 41.4 Å². The second-order valence-corrected chi connectivity index (χ2v) is 8.91. The van der Waals surface area contributed by atoms with Crippen LogP contribution in [0.2, 0.25) is 10.0 Å². The molecule has 2 aromatic rings. The number of nitrogens with zero attached hydrogens (tertiary/aromatic N) is 3. The van der Waals surface area contributed by atoms with Crippen molar-refractivity contribution in [2.75, 3.05) is 31.2 Å². The highest BCUT2D eigenvalue weighted by atomic mass is 35.5. The van der Waals surface area contributed by atoms with Gasteiger partial charge in [-0.25, -0.2) is 9.97 Å². The second-order valence-electron chi connectivity index (χ2n) is 8.12. The van der Waals surface area contributed by atoms with Crippen molar-refractivity contribution >= 4 is 29.0 Å². The van der Waals surface area contributed by atoms with Crippen LogP contribution in [-0.2, 0) is 11.3 Å². The molecule has 2 aliphatic heterocycles. The minimum absolute atomic E-state index is 0.167. The van der Waals surface area contributed by atoms with Crippen LogP contribution in [0, 0.1) is 18.3 Å². The van der Waals surface area contributed by atoms with E-state index in [4.69, 9.17) is 37.9 Å². The molecule has 4 rings (SSSR count). The van der Waals surface area contributed by atoms with Gasteiger partial charge in [0.05, 0.1) is 41.3 Å². The van der Waals surface area contributed by atoms with Crippen LogP contribution >= 0.6 is 23.2 Å². The highest BCUT2D eigenvalue weighted by Crippen LogP contribution is 2.46. The molecular weight excluding hydrogens is 409 g/mol. The van der Waals surface area contributed by atoms with Crippen LogP contribution in [0.4, 0.5) is 5.82 Å². The molecule has 0 bridgehead atoms. The summed E-state index contributed by atoms with van der Waals surface area (Å²) in [7, 11) is 0. The Labute approximate surface area is 182 Å². The van der Waals surface area contributed by atoms with Crippen molar-refractivity contribution in [1.29, 1.82) is 0 Å². The number of aryl methyl sites for hydroxylation is 1. The summed E-state index contributed by atoms with van der Waals surface area (Å²) in [6.07, 6.45) is 3.41. The molecule has 2 aliphatic rings. The van der Waals surface area contributed by atoms with Crippen molar-refractivity contribution in [2.24, 2.45) is 11.3 Å². The van der Waals surface area contributed by atoms with Gasteiger partial charge < -0.3 is 14.7 Å². The van der Waals surface area contributed by atoms with Gasteiger partial charge in [0.25, 0.3) is 0 Å². The molecule has 29 heavy (non-hydrogen) atoms. The van der Waals surface area contributed by atoms with E-state index in [1.54, 1.807) is 6.07 Å². The van der Waals surface area contributed by atoms with E-state index < -0.39 is 0 Å². The molecule has 0 spiro atoms. The number of halogens is 2. The molecule has 0 atom stereocenters. The Morgan fingerprint density at radius 3 is 2.52 bits per heavy atom. The van der Waals surface area contributed by atoms with Crippen LogP contribution < -0.4 is 4.90 Å². The molecule has 7 heteroatoms. The molecule has 1 aromatic heterocycles. The van der Waals surface area contributed by atoms with Crippen molar-refractivity contribution in [2.45, 2.75) is 39.7 Å². The maximum atomic E-state index is 10.0. The first-order valence-electron chi connectivity index (χ1n) is 10.2. The van der Waals surface area contributed by atoms with Gasteiger partial charge in [0.1, 0.15) is 5.69 Å². The molecular formula is C22H27Cl2N3O2. The summed E-state index contributed by atoms with van der Waals surface area (Å²) in [6.45, 7) is 7.68. The summed E-state index contributed by atoms with van der Waals surface area (Å²) in [5.41, 5.74) is 3.12. The predicted molar refractivity (Wildman–Crippen MR) is 117 cm³/mol. The van der Waals surface area contributed by atoms with E-state index in [1.807, 2.05) is 19.1 Å². The maximum Gasteiger partial charge on any atom is 0.153 e. The molecule has 2 fully saturated rings. The minimum Gasteiger partial charge on any atom is -0.390 e. The van der Waals surface area contributed by atoms with Crippen LogP contribution in [0.15, 0.2) is 18.2 Å². The zero-order valence-corrected chi connectivity index (χ0v) is 18.4. The van der Waals surface area contributed by atoms with Crippen molar-refractivity contribution in [3.8, 4) is 11.3 Å². The maximum absolute atomic E-state index is 10.0. The van der Waals surface area contributed by atoms with E-state index in [1.165, 1.54) is 6.42 Å². The number of aliphatic hydroxyl groups excluding tert-OH is 1. The van der Waals surface area contributed by atoms with Gasteiger partial charge in [0, 0.05) is 24.6 Å². The van der Waals surface area contributed by atoms with Gasteiger partial charge in [-0.2, -0.15) is 0 Å². The lowest BCUT2D eigenvalue weighted by Crippen LogP contribution is -2.50. The summed E-state index contributed by atoms with van der Waals surface area (Å²) in [5, 5.41) is 10.9. The summed E-state index contributed by atoms with van der Waals surface area (Å²) < 4.78 is 5.46. The van der Waals surface area contributed by atoms with Gasteiger partial charge in [-0.15, -0.1) is 0 Å². The predicted octanol–water partition coefficient (Wildman–Crippen LogP) is 4.89. The minimum atomic E-state index is -0.167. The zero-order valence-electron chi connectivity index (χ0n) is 16.9. The topological polar surface area (TPSA) is 58.5 Å². The zero-order chi connectivity index (χ0) is 20.6. The third-order valence-corrected chi connectivity index (χ3v) is 7.56. The molecule has 1 aromatic carbocycles. The number of rotatable bonds is 5. The first-order chi connectivity index (χ1) is 14.0. The largest absolute Gasteiger partial charge is 0.390 e. The summed E-state index contributed by atoms with van der Waals surface area (Å²) >= 11 is 12.6. The van der Waals surface area contributed by atoms with Gasteiger partial charge in [-0.1, -0.05) is 42.3 Å². The lowest BCUT2D eigenvalue weighted by atomic mass is 9.66. The number of hydrogen-bond acceptors (Lipinski definition) is 5. The molecule has 156 valence electrons. The van der Waals surface area contributed by atoms with Gasteiger partial charge in [0.15, 0.2) is 5.82 Å². The van der Waals surface area contributed by atoms with Crippen LogP contribution in [0.3, 0.4) is 0 Å². The summed E-state index contributed by atoms with van der Waals surface area (Å²) in [4.78, 5) is 11.9. The first-order valence-corrected chi connectivity index (χ1v) is 11.0. The Bertz CT molecular complexity index is 894. The average molecular weight is 436 g/mol. The number of aliphatic hydroxyl groups is 1. The Morgan fingerprint density at radius 1 is 1.21 bits per heavy atom. The molecule has 3 heterocycles. The number of aromatic nitrogens is 2. The van der Waals surface area contributed by atoms with E-state index in [-0.39, 0.29) is 6.61 Å². The van der Waals surface area contributed by atoms with Gasteiger partial charge in [-0.05, 0) is 37.7 Å². The number of ether oxygens (including phenoxy) is 1. The summed E-state index contributed by atoms with van der Waals surface area (Å²) in [6, 6.07) is 5.47. The van der Waals surface area contributed by atoms with E-state index >= 15 is 0 Å². The molecule has 1 N–H and O–H groups in total. The molecule has 5 nitrogen and oxygen atoms in total. The number of hydrogen-bond donors (Lipinski definition) is 1. The molecule has 0 unspecified atom stereocenters. The standard InChI is InChI=1S/C22H27Cl2N3O2/c1-3-22(15-12-29-13-15)7-9-27(10-8-22)21-18(11-28)26-20(14(2)25-21)16-5-4-6-17(23)19(16)24/h4-6,15,28H,3,7-13H2,1-2H3. The highest BCUT2D eigenvalue weighted by Gasteiger charge is 2.43. The van der Waals surface area contributed by atoms with Gasteiger partial charge in [0.2, 0.25) is 0 Å². The first kappa shape index (κ1) is 20.9. The smallest absolute Gasteiger partial charge is 0.153 e. The Balaban J connectivity index is 1.62. The highest BCUT2D eigenvalue weighted by molar-refractivity contribution is 6.43. The normalized spacial score (nSPS) is 19.3. The fourth-order valence-corrected chi connectivity index (χ4v) is 5.04. The van der Waals surface area contributed by atoms with Crippen LogP contribution in [0.25, 0.3) is 11.3 Å². The number of piperidine rings is 1. The third kappa shape index (κ3) is 3.74. The average Bonchev–Trinajstić information content (AvgIpc) is 2.69. The van der Waals surface area contributed by atoms with Crippen molar-refractivity contribution in [3.05, 3.63) is 39.6 Å². The van der Waals surface area contributed by atoms with E-state index in [0.29, 0.717) is 32.8 Å². The van der Waals surface area contributed by atoms with Crippen LogP contribution in [0.1, 0.15) is 37.6 Å².